The Morgan fingerprint density at radius 1 is 1.67 bits per heavy atom. The SMILES string of the molecule is Cn1nncc1C(NN)c1sccc1Cl. The largest absolute Gasteiger partial charge is 0.270 e. The van der Waals surface area contributed by atoms with Gasteiger partial charge in [0, 0.05) is 11.9 Å². The minimum atomic E-state index is -0.169. The molecule has 1 atom stereocenters. The average molecular weight is 244 g/mol. The Labute approximate surface area is 95.8 Å². The molecular formula is C8H10ClN5S. The van der Waals surface area contributed by atoms with Crippen LogP contribution in [0, 0.1) is 0 Å². The van der Waals surface area contributed by atoms with Gasteiger partial charge in [0.2, 0.25) is 0 Å². The second kappa shape index (κ2) is 4.28. The van der Waals surface area contributed by atoms with Crippen molar-refractivity contribution >= 4 is 22.9 Å². The van der Waals surface area contributed by atoms with E-state index in [0.29, 0.717) is 5.02 Å². The summed E-state index contributed by atoms with van der Waals surface area (Å²) in [6.45, 7) is 0. The van der Waals surface area contributed by atoms with Crippen LogP contribution >= 0.6 is 22.9 Å². The van der Waals surface area contributed by atoms with Crippen LogP contribution in [0.1, 0.15) is 16.6 Å². The van der Waals surface area contributed by atoms with Crippen molar-refractivity contribution in [2.75, 3.05) is 0 Å². The van der Waals surface area contributed by atoms with Gasteiger partial charge in [0.25, 0.3) is 0 Å². The summed E-state index contributed by atoms with van der Waals surface area (Å²) in [4.78, 5) is 0.963. The zero-order valence-corrected chi connectivity index (χ0v) is 9.59. The fourth-order valence-corrected chi connectivity index (χ4v) is 2.60. The normalized spacial score (nSPS) is 13.0. The first kappa shape index (κ1) is 10.6. The van der Waals surface area contributed by atoms with Gasteiger partial charge in [-0.1, -0.05) is 16.8 Å². The molecule has 2 aromatic heterocycles. The highest BCUT2D eigenvalue weighted by atomic mass is 35.5. The molecule has 0 aromatic carbocycles. The van der Waals surface area contributed by atoms with E-state index in [1.807, 2.05) is 18.5 Å². The lowest BCUT2D eigenvalue weighted by molar-refractivity contribution is 0.576. The molecule has 1 unspecified atom stereocenters. The molecule has 0 fully saturated rings. The summed E-state index contributed by atoms with van der Waals surface area (Å²) in [5.74, 6) is 5.52. The van der Waals surface area contributed by atoms with Gasteiger partial charge in [0.1, 0.15) is 6.04 Å². The minimum absolute atomic E-state index is 0.169. The Bertz CT molecular complexity index is 411. The van der Waals surface area contributed by atoms with E-state index in [1.54, 1.807) is 22.2 Å². The quantitative estimate of drug-likeness (QED) is 0.625. The molecule has 0 radical (unpaired) electrons. The molecule has 5 nitrogen and oxygen atoms in total. The molecule has 80 valence electrons. The third kappa shape index (κ3) is 1.89. The first-order chi connectivity index (χ1) is 7.24. The van der Waals surface area contributed by atoms with Crippen LogP contribution in [-0.4, -0.2) is 15.0 Å². The molecule has 0 aliphatic carbocycles. The molecule has 0 saturated carbocycles. The van der Waals surface area contributed by atoms with Gasteiger partial charge in [0.15, 0.2) is 0 Å². The van der Waals surface area contributed by atoms with E-state index in [2.05, 4.69) is 15.7 Å². The van der Waals surface area contributed by atoms with Crippen LogP contribution < -0.4 is 11.3 Å². The number of rotatable bonds is 3. The van der Waals surface area contributed by atoms with Crippen molar-refractivity contribution in [3.63, 3.8) is 0 Å². The minimum Gasteiger partial charge on any atom is -0.270 e. The van der Waals surface area contributed by atoms with Crippen LogP contribution in [0.15, 0.2) is 17.6 Å². The van der Waals surface area contributed by atoms with Gasteiger partial charge in [-0.25, -0.2) is 5.43 Å². The smallest absolute Gasteiger partial charge is 0.100 e. The molecule has 2 aromatic rings. The predicted octanol–water partition coefficient (Wildman–Crippen LogP) is 1.08. The molecule has 0 aliphatic rings. The van der Waals surface area contributed by atoms with Crippen LogP contribution in [0.5, 0.6) is 0 Å². The van der Waals surface area contributed by atoms with Crippen LogP contribution in [0.4, 0.5) is 0 Å². The Morgan fingerprint density at radius 2 is 2.47 bits per heavy atom. The van der Waals surface area contributed by atoms with E-state index in [0.717, 1.165) is 10.6 Å². The molecule has 0 amide bonds. The van der Waals surface area contributed by atoms with E-state index in [1.165, 1.54) is 0 Å². The molecule has 0 bridgehead atoms. The number of hydrogen-bond acceptors (Lipinski definition) is 5. The first-order valence-electron chi connectivity index (χ1n) is 4.27. The maximum Gasteiger partial charge on any atom is 0.100 e. The second-order valence-corrected chi connectivity index (χ2v) is 4.37. The van der Waals surface area contributed by atoms with Crippen molar-refractivity contribution in [2.24, 2.45) is 12.9 Å². The Hall–Kier alpha value is -0.950. The maximum absolute atomic E-state index is 6.05. The van der Waals surface area contributed by atoms with E-state index < -0.39 is 0 Å². The van der Waals surface area contributed by atoms with E-state index in [-0.39, 0.29) is 6.04 Å². The molecular weight excluding hydrogens is 234 g/mol. The molecule has 0 aliphatic heterocycles. The van der Waals surface area contributed by atoms with Crippen molar-refractivity contribution in [1.82, 2.24) is 20.4 Å². The van der Waals surface area contributed by atoms with Gasteiger partial charge < -0.3 is 0 Å². The summed E-state index contributed by atoms with van der Waals surface area (Å²) in [5.41, 5.74) is 3.59. The van der Waals surface area contributed by atoms with Crippen molar-refractivity contribution in [3.8, 4) is 0 Å². The topological polar surface area (TPSA) is 68.8 Å². The second-order valence-electron chi connectivity index (χ2n) is 3.01. The monoisotopic (exact) mass is 243 g/mol. The van der Waals surface area contributed by atoms with Gasteiger partial charge in [-0.05, 0) is 11.4 Å². The number of thiophene rings is 1. The van der Waals surface area contributed by atoms with Crippen LogP contribution in [0.2, 0.25) is 5.02 Å². The molecule has 3 N–H and O–H groups in total. The van der Waals surface area contributed by atoms with Crippen LogP contribution in [0.25, 0.3) is 0 Å². The van der Waals surface area contributed by atoms with Crippen molar-refractivity contribution in [2.45, 2.75) is 6.04 Å². The highest BCUT2D eigenvalue weighted by Gasteiger charge is 2.20. The number of hydrogen-bond donors (Lipinski definition) is 2. The summed E-state index contributed by atoms with van der Waals surface area (Å²) in [6, 6.07) is 1.67. The molecule has 15 heavy (non-hydrogen) atoms. The lowest BCUT2D eigenvalue weighted by Crippen LogP contribution is -2.29. The molecule has 7 heteroatoms. The first-order valence-corrected chi connectivity index (χ1v) is 5.53. The van der Waals surface area contributed by atoms with Gasteiger partial charge >= 0.3 is 0 Å². The number of nitrogens with two attached hydrogens (primary N) is 1. The Morgan fingerprint density at radius 3 is 2.93 bits per heavy atom. The standard InChI is InChI=1S/C8H10ClN5S/c1-14-6(4-11-13-14)7(12-10)8-5(9)2-3-15-8/h2-4,7,12H,10H2,1H3. The zero-order chi connectivity index (χ0) is 10.8. The van der Waals surface area contributed by atoms with E-state index in [4.69, 9.17) is 17.4 Å². The van der Waals surface area contributed by atoms with Gasteiger partial charge in [-0.15, -0.1) is 16.4 Å². The van der Waals surface area contributed by atoms with E-state index in [9.17, 15) is 0 Å². The zero-order valence-electron chi connectivity index (χ0n) is 8.01. The Kier molecular flexibility index (Phi) is 3.01. The third-order valence-corrected chi connectivity index (χ3v) is 3.54. The lowest BCUT2D eigenvalue weighted by atomic mass is 10.2. The van der Waals surface area contributed by atoms with Gasteiger partial charge in [0.05, 0.1) is 16.9 Å². The van der Waals surface area contributed by atoms with Crippen molar-refractivity contribution in [1.29, 1.82) is 0 Å². The number of aryl methyl sites for hydroxylation is 1. The lowest BCUT2D eigenvalue weighted by Gasteiger charge is -2.14. The van der Waals surface area contributed by atoms with Crippen LogP contribution in [-0.2, 0) is 7.05 Å². The summed E-state index contributed by atoms with van der Waals surface area (Å²) in [6.07, 6.45) is 1.67. The van der Waals surface area contributed by atoms with E-state index >= 15 is 0 Å². The molecule has 0 spiro atoms. The number of aromatic nitrogens is 3. The maximum atomic E-state index is 6.05. The molecule has 0 saturated heterocycles. The van der Waals surface area contributed by atoms with Crippen molar-refractivity contribution < 1.29 is 0 Å². The van der Waals surface area contributed by atoms with Crippen LogP contribution in [0.3, 0.4) is 0 Å². The Balaban J connectivity index is 2.41. The number of hydrazine groups is 1. The number of nitrogens with zero attached hydrogens (tertiary/aromatic N) is 3. The average Bonchev–Trinajstić information content (AvgIpc) is 2.80. The predicted molar refractivity (Wildman–Crippen MR) is 59.5 cm³/mol. The number of nitrogens with one attached hydrogen (secondary N) is 1. The van der Waals surface area contributed by atoms with Gasteiger partial charge in [-0.3, -0.25) is 10.5 Å². The molecule has 2 heterocycles. The summed E-state index contributed by atoms with van der Waals surface area (Å²) in [5, 5.41) is 10.3. The number of halogens is 1. The highest BCUT2D eigenvalue weighted by Crippen LogP contribution is 2.31. The summed E-state index contributed by atoms with van der Waals surface area (Å²) in [7, 11) is 1.81. The third-order valence-electron chi connectivity index (χ3n) is 2.12. The summed E-state index contributed by atoms with van der Waals surface area (Å²) >= 11 is 7.59. The highest BCUT2D eigenvalue weighted by molar-refractivity contribution is 7.10. The summed E-state index contributed by atoms with van der Waals surface area (Å²) < 4.78 is 1.67. The van der Waals surface area contributed by atoms with Crippen molar-refractivity contribution in [3.05, 3.63) is 33.2 Å². The van der Waals surface area contributed by atoms with Gasteiger partial charge in [-0.2, -0.15) is 0 Å². The molecule has 2 rings (SSSR count). The fraction of sp³-hybridized carbons (Fsp3) is 0.250. The fourth-order valence-electron chi connectivity index (χ4n) is 1.37.